The fourth-order valence-corrected chi connectivity index (χ4v) is 4.39. The number of hydrazone groups is 1. The maximum Gasteiger partial charge on any atom is 0.288 e. The highest BCUT2D eigenvalue weighted by atomic mass is 35.5. The molecule has 31 heavy (non-hydrogen) atoms. The van der Waals surface area contributed by atoms with E-state index in [4.69, 9.17) is 33.0 Å². The summed E-state index contributed by atoms with van der Waals surface area (Å²) in [5, 5.41) is 18.8. The molecule has 5 rings (SSSR count). The van der Waals surface area contributed by atoms with Crippen LogP contribution in [0.15, 0.2) is 65.8 Å². The summed E-state index contributed by atoms with van der Waals surface area (Å²) in [7, 11) is 0. The molecule has 0 aliphatic carbocycles. The molecular weight excluding hydrogens is 437 g/mol. The van der Waals surface area contributed by atoms with Gasteiger partial charge in [-0.25, -0.2) is 5.01 Å². The molecule has 0 N–H and O–H groups in total. The minimum absolute atomic E-state index is 0.0820. The summed E-state index contributed by atoms with van der Waals surface area (Å²) in [4.78, 5) is 10.9. The first-order chi connectivity index (χ1) is 14.9. The fourth-order valence-electron chi connectivity index (χ4n) is 4.02. The quantitative estimate of drug-likeness (QED) is 0.337. The number of nitro groups is 1. The predicted octanol–water partition coefficient (Wildman–Crippen LogP) is 6.45. The molecule has 2 aliphatic rings. The maximum atomic E-state index is 11.4. The molecule has 0 saturated heterocycles. The number of nitrogens with zero attached hydrogens (tertiary/aromatic N) is 3. The predicted molar refractivity (Wildman–Crippen MR) is 120 cm³/mol. The molecule has 0 unspecified atom stereocenters. The van der Waals surface area contributed by atoms with Gasteiger partial charge in [-0.3, -0.25) is 10.1 Å². The molecule has 2 heterocycles. The van der Waals surface area contributed by atoms with Gasteiger partial charge in [0.25, 0.3) is 5.69 Å². The van der Waals surface area contributed by atoms with Crippen LogP contribution in [0.3, 0.4) is 0 Å². The molecule has 0 bridgehead atoms. The Morgan fingerprint density at radius 2 is 1.87 bits per heavy atom. The van der Waals surface area contributed by atoms with Gasteiger partial charge in [-0.15, -0.1) is 0 Å². The summed E-state index contributed by atoms with van der Waals surface area (Å²) in [6.45, 7) is 2.04. The maximum absolute atomic E-state index is 11.4. The molecule has 3 aromatic rings. The average molecular weight is 454 g/mol. The molecule has 0 amide bonds. The second kappa shape index (κ2) is 7.55. The van der Waals surface area contributed by atoms with Crippen molar-refractivity contribution in [1.29, 1.82) is 0 Å². The van der Waals surface area contributed by atoms with E-state index in [9.17, 15) is 10.1 Å². The van der Waals surface area contributed by atoms with E-state index < -0.39 is 11.2 Å². The van der Waals surface area contributed by atoms with Crippen LogP contribution in [0.5, 0.6) is 5.75 Å². The molecule has 156 valence electrons. The molecule has 2 atom stereocenters. The zero-order valence-corrected chi connectivity index (χ0v) is 18.0. The number of fused-ring (bicyclic) bond motifs is 3. The van der Waals surface area contributed by atoms with Gasteiger partial charge >= 0.3 is 0 Å². The normalized spacial score (nSPS) is 19.3. The first-order valence-corrected chi connectivity index (χ1v) is 10.5. The van der Waals surface area contributed by atoms with Gasteiger partial charge in [-0.2, -0.15) is 5.10 Å². The van der Waals surface area contributed by atoms with Crippen molar-refractivity contribution in [2.75, 3.05) is 0 Å². The summed E-state index contributed by atoms with van der Waals surface area (Å²) in [6, 6.07) is 18.3. The van der Waals surface area contributed by atoms with Gasteiger partial charge < -0.3 is 4.74 Å². The summed E-state index contributed by atoms with van der Waals surface area (Å²) < 4.78 is 6.26. The average Bonchev–Trinajstić information content (AvgIpc) is 3.20. The Morgan fingerprint density at radius 1 is 1.10 bits per heavy atom. The van der Waals surface area contributed by atoms with Crippen LogP contribution in [0.2, 0.25) is 10.0 Å². The van der Waals surface area contributed by atoms with E-state index in [2.05, 4.69) is 24.3 Å². The van der Waals surface area contributed by atoms with Crippen molar-refractivity contribution in [1.82, 2.24) is 5.01 Å². The summed E-state index contributed by atoms with van der Waals surface area (Å²) in [5.41, 5.74) is 4.52. The van der Waals surface area contributed by atoms with Gasteiger partial charge in [0.05, 0.1) is 16.7 Å². The van der Waals surface area contributed by atoms with Crippen molar-refractivity contribution in [3.8, 4) is 5.75 Å². The van der Waals surface area contributed by atoms with Crippen LogP contribution in [0.25, 0.3) is 0 Å². The third kappa shape index (κ3) is 3.52. The van der Waals surface area contributed by atoms with Gasteiger partial charge in [0.2, 0.25) is 6.23 Å². The van der Waals surface area contributed by atoms with Gasteiger partial charge in [-0.1, -0.05) is 59.1 Å². The largest absolute Gasteiger partial charge is 0.464 e. The molecule has 6 nitrogen and oxygen atoms in total. The molecule has 0 spiro atoms. The lowest BCUT2D eigenvalue weighted by molar-refractivity contribution is -0.384. The van der Waals surface area contributed by atoms with E-state index in [1.807, 2.05) is 24.1 Å². The Balaban J connectivity index is 1.61. The fraction of sp³-hybridized carbons (Fsp3) is 0.174. The topological polar surface area (TPSA) is 68.0 Å². The summed E-state index contributed by atoms with van der Waals surface area (Å²) >= 11 is 12.3. The zero-order chi connectivity index (χ0) is 21.7. The molecule has 0 radical (unpaired) electrons. The molecular formula is C23H17Cl2N3O3. The van der Waals surface area contributed by atoms with Gasteiger partial charge in [0.15, 0.2) is 0 Å². The lowest BCUT2D eigenvalue weighted by Gasteiger charge is -2.38. The van der Waals surface area contributed by atoms with Crippen LogP contribution in [0.4, 0.5) is 5.69 Å². The minimum atomic E-state index is -0.627. The Labute approximate surface area is 188 Å². The molecule has 0 fully saturated rings. The lowest BCUT2D eigenvalue weighted by Crippen LogP contribution is -2.33. The summed E-state index contributed by atoms with van der Waals surface area (Å²) in [6.07, 6.45) is 0.0453. The second-order valence-electron chi connectivity index (χ2n) is 7.63. The Morgan fingerprint density at radius 3 is 2.61 bits per heavy atom. The zero-order valence-electron chi connectivity index (χ0n) is 16.5. The number of ether oxygens (including phenoxy) is 1. The van der Waals surface area contributed by atoms with E-state index in [0.29, 0.717) is 22.8 Å². The number of hydrogen-bond acceptors (Lipinski definition) is 5. The van der Waals surface area contributed by atoms with E-state index >= 15 is 0 Å². The monoisotopic (exact) mass is 453 g/mol. The molecule has 3 aromatic carbocycles. The lowest BCUT2D eigenvalue weighted by atomic mass is 9.95. The van der Waals surface area contributed by atoms with Crippen LogP contribution in [-0.2, 0) is 0 Å². The number of rotatable bonds is 3. The highest BCUT2D eigenvalue weighted by Crippen LogP contribution is 2.48. The number of halogens is 2. The molecule has 0 saturated carbocycles. The van der Waals surface area contributed by atoms with Crippen LogP contribution in [-0.4, -0.2) is 15.6 Å². The standard InChI is InChI=1S/C23H17Cl2N3O3/c1-13-2-4-14(5-3-13)19-12-20-17-11-16(24)7-9-22(17)31-23(27(20)26-19)15-6-8-18(25)21(10-15)28(29)30/h2-11,20,23H,12H2,1H3/t20-,23+/m0/s1. The Kier molecular flexibility index (Phi) is 4.84. The summed E-state index contributed by atoms with van der Waals surface area (Å²) in [5.74, 6) is 0.689. The van der Waals surface area contributed by atoms with Crippen molar-refractivity contribution in [2.24, 2.45) is 5.10 Å². The number of benzene rings is 3. The van der Waals surface area contributed by atoms with Crippen molar-refractivity contribution in [3.63, 3.8) is 0 Å². The third-order valence-electron chi connectivity index (χ3n) is 5.59. The van der Waals surface area contributed by atoms with Crippen molar-refractivity contribution in [2.45, 2.75) is 25.6 Å². The smallest absolute Gasteiger partial charge is 0.288 e. The number of aryl methyl sites for hydroxylation is 1. The van der Waals surface area contributed by atoms with Crippen LogP contribution >= 0.6 is 23.2 Å². The van der Waals surface area contributed by atoms with Crippen molar-refractivity contribution < 1.29 is 9.66 Å². The van der Waals surface area contributed by atoms with Gasteiger partial charge in [0, 0.05) is 28.6 Å². The SMILES string of the molecule is Cc1ccc(C2=NN3[C@@H](c4ccc(Cl)c([N+](=O)[O-])c4)Oc4ccc(Cl)cc4[C@@H]3C2)cc1. The van der Waals surface area contributed by atoms with Crippen LogP contribution in [0, 0.1) is 17.0 Å². The highest BCUT2D eigenvalue weighted by Gasteiger charge is 2.41. The third-order valence-corrected chi connectivity index (χ3v) is 6.14. The second-order valence-corrected chi connectivity index (χ2v) is 8.48. The first-order valence-electron chi connectivity index (χ1n) is 9.73. The van der Waals surface area contributed by atoms with Crippen molar-refractivity contribution >= 4 is 34.6 Å². The Bertz CT molecular complexity index is 1230. The van der Waals surface area contributed by atoms with Gasteiger partial charge in [0.1, 0.15) is 10.8 Å². The van der Waals surface area contributed by atoms with E-state index in [1.54, 1.807) is 12.1 Å². The van der Waals surface area contributed by atoms with Crippen LogP contribution in [0.1, 0.15) is 40.9 Å². The first kappa shape index (κ1) is 19.8. The Hall–Kier alpha value is -3.09. The molecule has 0 aromatic heterocycles. The number of hydrogen-bond donors (Lipinski definition) is 0. The highest BCUT2D eigenvalue weighted by molar-refractivity contribution is 6.32. The van der Waals surface area contributed by atoms with Crippen LogP contribution < -0.4 is 4.74 Å². The van der Waals surface area contributed by atoms with E-state index in [1.165, 1.54) is 17.7 Å². The molecule has 2 aliphatic heterocycles. The molecule has 8 heteroatoms. The minimum Gasteiger partial charge on any atom is -0.464 e. The number of nitro benzene ring substituents is 1. The van der Waals surface area contributed by atoms with Gasteiger partial charge in [-0.05, 0) is 36.8 Å². The van der Waals surface area contributed by atoms with Crippen molar-refractivity contribution in [3.05, 3.63) is 103 Å². The van der Waals surface area contributed by atoms with E-state index in [0.717, 1.165) is 16.8 Å². The van der Waals surface area contributed by atoms with E-state index in [-0.39, 0.29) is 16.8 Å².